The first kappa shape index (κ1) is 20.7. The smallest absolute Gasteiger partial charge is 0.248 e. The van der Waals surface area contributed by atoms with Crippen LogP contribution in [0.15, 0.2) is 46.9 Å². The van der Waals surface area contributed by atoms with Gasteiger partial charge < -0.3 is 5.32 Å². The summed E-state index contributed by atoms with van der Waals surface area (Å²) in [7, 11) is -3.78. The van der Waals surface area contributed by atoms with Crippen molar-refractivity contribution in [2.75, 3.05) is 15.9 Å². The summed E-state index contributed by atoms with van der Waals surface area (Å²) in [5, 5.41) is 3.08. The van der Waals surface area contributed by atoms with Crippen molar-refractivity contribution >= 4 is 54.8 Å². The molecule has 0 spiro atoms. The molecule has 140 valence electrons. The Bertz CT molecular complexity index is 907. The molecule has 1 unspecified atom stereocenters. The van der Waals surface area contributed by atoms with Crippen LogP contribution in [0.2, 0.25) is 5.02 Å². The lowest BCUT2D eigenvalue weighted by molar-refractivity contribution is -0.117. The van der Waals surface area contributed by atoms with E-state index < -0.39 is 27.8 Å². The van der Waals surface area contributed by atoms with Gasteiger partial charge in [-0.1, -0.05) is 18.5 Å². The molecule has 5 nitrogen and oxygen atoms in total. The molecule has 1 N–H and O–H groups in total. The summed E-state index contributed by atoms with van der Waals surface area (Å²) in [6.45, 7) is 1.69. The van der Waals surface area contributed by atoms with E-state index in [0.717, 1.165) is 22.7 Å². The maximum atomic E-state index is 13.2. The van der Waals surface area contributed by atoms with Crippen molar-refractivity contribution in [1.82, 2.24) is 0 Å². The van der Waals surface area contributed by atoms with Crippen molar-refractivity contribution in [1.29, 1.82) is 0 Å². The molecule has 0 aromatic heterocycles. The molecule has 0 heterocycles. The van der Waals surface area contributed by atoms with Crippen LogP contribution < -0.4 is 9.62 Å². The zero-order valence-electron chi connectivity index (χ0n) is 14.0. The zero-order chi connectivity index (χ0) is 19.5. The van der Waals surface area contributed by atoms with Gasteiger partial charge in [0.15, 0.2) is 0 Å². The van der Waals surface area contributed by atoms with E-state index in [1.807, 2.05) is 0 Å². The highest BCUT2D eigenvalue weighted by molar-refractivity contribution is 9.10. The van der Waals surface area contributed by atoms with Crippen LogP contribution in [0.5, 0.6) is 0 Å². The van der Waals surface area contributed by atoms with Crippen molar-refractivity contribution in [3.63, 3.8) is 0 Å². The summed E-state index contributed by atoms with van der Waals surface area (Å²) < 4.78 is 39.4. The van der Waals surface area contributed by atoms with Gasteiger partial charge in [0.05, 0.1) is 17.0 Å². The van der Waals surface area contributed by atoms with Crippen LogP contribution >= 0.6 is 27.5 Å². The van der Waals surface area contributed by atoms with E-state index in [9.17, 15) is 17.6 Å². The second kappa shape index (κ2) is 8.37. The molecule has 1 atom stereocenters. The van der Waals surface area contributed by atoms with E-state index in [2.05, 4.69) is 21.2 Å². The van der Waals surface area contributed by atoms with Crippen molar-refractivity contribution in [3.05, 3.63) is 57.8 Å². The maximum absolute atomic E-state index is 13.2. The maximum Gasteiger partial charge on any atom is 0.248 e. The number of anilines is 2. The van der Waals surface area contributed by atoms with Gasteiger partial charge in [0.2, 0.25) is 15.9 Å². The first-order chi connectivity index (χ1) is 12.1. The van der Waals surface area contributed by atoms with Gasteiger partial charge in [0, 0.05) is 10.2 Å². The predicted molar refractivity (Wildman–Crippen MR) is 106 cm³/mol. The third-order valence-corrected chi connectivity index (χ3v) is 6.01. The van der Waals surface area contributed by atoms with Crippen LogP contribution in [-0.2, 0) is 14.8 Å². The molecular weight excluding hydrogens is 447 g/mol. The quantitative estimate of drug-likeness (QED) is 0.689. The number of hydrogen-bond acceptors (Lipinski definition) is 3. The van der Waals surface area contributed by atoms with E-state index >= 15 is 0 Å². The van der Waals surface area contributed by atoms with Gasteiger partial charge in [0.25, 0.3) is 0 Å². The lowest BCUT2D eigenvalue weighted by Crippen LogP contribution is -2.47. The molecule has 2 aromatic rings. The number of sulfonamides is 1. The number of nitrogens with one attached hydrogen (secondary N) is 1. The monoisotopic (exact) mass is 462 g/mol. The molecule has 0 aliphatic rings. The highest BCUT2D eigenvalue weighted by Crippen LogP contribution is 2.27. The molecule has 9 heteroatoms. The molecule has 1 amide bonds. The number of halogens is 3. The number of nitrogens with zero attached hydrogens (tertiary/aromatic N) is 1. The molecule has 0 aliphatic heterocycles. The van der Waals surface area contributed by atoms with Crippen LogP contribution in [-0.4, -0.2) is 26.6 Å². The van der Waals surface area contributed by atoms with Crippen molar-refractivity contribution in [2.24, 2.45) is 0 Å². The van der Waals surface area contributed by atoms with Gasteiger partial charge in [-0.15, -0.1) is 0 Å². The minimum absolute atomic E-state index is 0.213. The number of carbonyl (C=O) groups excluding carboxylic acids is 1. The van der Waals surface area contributed by atoms with E-state index in [-0.39, 0.29) is 12.1 Å². The van der Waals surface area contributed by atoms with E-state index in [0.29, 0.717) is 15.2 Å². The normalized spacial score (nSPS) is 12.5. The van der Waals surface area contributed by atoms with E-state index in [4.69, 9.17) is 11.6 Å². The van der Waals surface area contributed by atoms with Gasteiger partial charge in [-0.2, -0.15) is 0 Å². The fraction of sp³-hybridized carbons (Fsp3) is 0.235. The van der Waals surface area contributed by atoms with E-state index in [1.54, 1.807) is 25.1 Å². The molecular formula is C17H17BrClFN2O3S. The summed E-state index contributed by atoms with van der Waals surface area (Å²) >= 11 is 9.28. The Kier molecular flexibility index (Phi) is 6.65. The van der Waals surface area contributed by atoms with Crippen LogP contribution in [0.25, 0.3) is 0 Å². The van der Waals surface area contributed by atoms with Gasteiger partial charge in [-0.05, 0) is 64.8 Å². The number of hydrogen-bond donors (Lipinski definition) is 1. The van der Waals surface area contributed by atoms with Crippen LogP contribution in [0.4, 0.5) is 15.8 Å². The van der Waals surface area contributed by atoms with Crippen LogP contribution in [0.3, 0.4) is 0 Å². The summed E-state index contributed by atoms with van der Waals surface area (Å²) in [4.78, 5) is 12.7. The third-order valence-electron chi connectivity index (χ3n) is 3.60. The molecule has 0 saturated heterocycles. The molecule has 2 rings (SSSR count). The fourth-order valence-corrected chi connectivity index (χ4v) is 4.09. The topological polar surface area (TPSA) is 66.5 Å². The van der Waals surface area contributed by atoms with Crippen LogP contribution in [0.1, 0.15) is 13.3 Å². The lowest BCUT2D eigenvalue weighted by atomic mass is 10.2. The summed E-state index contributed by atoms with van der Waals surface area (Å²) in [5.41, 5.74) is 0.652. The third kappa shape index (κ3) is 4.96. The van der Waals surface area contributed by atoms with Gasteiger partial charge in [-0.25, -0.2) is 12.8 Å². The Labute approximate surface area is 165 Å². The number of benzene rings is 2. The minimum Gasteiger partial charge on any atom is -0.324 e. The van der Waals surface area contributed by atoms with Crippen molar-refractivity contribution in [2.45, 2.75) is 19.4 Å². The highest BCUT2D eigenvalue weighted by atomic mass is 79.9. The van der Waals surface area contributed by atoms with Gasteiger partial charge in [0.1, 0.15) is 11.9 Å². The Morgan fingerprint density at radius 2 is 1.88 bits per heavy atom. The SMILES string of the molecule is CCC(C(=O)Nc1ccc(Br)c(Cl)c1)N(c1ccc(F)cc1)S(C)(=O)=O. The second-order valence-corrected chi connectivity index (χ2v) is 8.70. The Hall–Kier alpha value is -1.64. The average molecular weight is 464 g/mol. The predicted octanol–water partition coefficient (Wildman–Crippen LogP) is 4.42. The summed E-state index contributed by atoms with van der Waals surface area (Å²) in [6.07, 6.45) is 1.23. The molecule has 0 aliphatic carbocycles. The fourth-order valence-electron chi connectivity index (χ4n) is 2.45. The van der Waals surface area contributed by atoms with Gasteiger partial charge in [-0.3, -0.25) is 9.10 Å². The van der Waals surface area contributed by atoms with Crippen molar-refractivity contribution in [3.8, 4) is 0 Å². The van der Waals surface area contributed by atoms with Crippen molar-refractivity contribution < 1.29 is 17.6 Å². The number of rotatable bonds is 6. The standard InChI is InChI=1S/C17H17BrClFN2O3S/c1-3-16(17(23)21-12-6-9-14(18)15(19)10-12)22(26(2,24)25)13-7-4-11(20)5-8-13/h4-10,16H,3H2,1-2H3,(H,21,23). The largest absolute Gasteiger partial charge is 0.324 e. The van der Waals surface area contributed by atoms with Crippen LogP contribution in [0, 0.1) is 5.82 Å². The molecule has 2 aromatic carbocycles. The molecule has 0 saturated carbocycles. The Morgan fingerprint density at radius 1 is 1.27 bits per heavy atom. The Morgan fingerprint density at radius 3 is 2.38 bits per heavy atom. The second-order valence-electron chi connectivity index (χ2n) is 5.58. The molecule has 0 radical (unpaired) electrons. The number of amides is 1. The molecule has 26 heavy (non-hydrogen) atoms. The first-order valence-corrected chi connectivity index (χ1v) is 10.7. The number of carbonyl (C=O) groups is 1. The molecule has 0 fully saturated rings. The molecule has 0 bridgehead atoms. The van der Waals surface area contributed by atoms with Gasteiger partial charge >= 0.3 is 0 Å². The summed E-state index contributed by atoms with van der Waals surface area (Å²) in [6, 6.07) is 8.80. The minimum atomic E-state index is -3.78. The van der Waals surface area contributed by atoms with E-state index in [1.165, 1.54) is 12.1 Å². The average Bonchev–Trinajstić information content (AvgIpc) is 2.56. The zero-order valence-corrected chi connectivity index (χ0v) is 17.2. The Balaban J connectivity index is 2.36. The highest BCUT2D eigenvalue weighted by Gasteiger charge is 2.31. The lowest BCUT2D eigenvalue weighted by Gasteiger charge is -2.30. The summed E-state index contributed by atoms with van der Waals surface area (Å²) in [5.74, 6) is -1.01. The first-order valence-electron chi connectivity index (χ1n) is 7.64.